The second-order valence-electron chi connectivity index (χ2n) is 0.111. The first-order valence-corrected chi connectivity index (χ1v) is 6.51. The zero-order valence-electron chi connectivity index (χ0n) is 1.80. The van der Waals surface area contributed by atoms with E-state index in [-0.39, 0.29) is 12.4 Å². The van der Waals surface area contributed by atoms with Gasteiger partial charge >= 0.3 is 46.3 Å². The summed E-state index contributed by atoms with van der Waals surface area (Å²) in [5, 5.41) is 0. The summed E-state index contributed by atoms with van der Waals surface area (Å²) in [6.45, 7) is 14.7. The average molecular weight is 318 g/mol. The fourth-order valence-electron chi connectivity index (χ4n) is 0. The van der Waals surface area contributed by atoms with Gasteiger partial charge in [-0.2, -0.15) is 0 Å². The quantitative estimate of drug-likeness (QED) is 0.644. The molecule has 0 saturated heterocycles. The van der Waals surface area contributed by atoms with Crippen molar-refractivity contribution in [2.45, 2.75) is 0 Å². The first-order valence-electron chi connectivity index (χ1n) is 0.293. The van der Waals surface area contributed by atoms with Crippen molar-refractivity contribution in [2.24, 2.45) is 0 Å². The maximum absolute atomic E-state index is 4.92. The van der Waals surface area contributed by atoms with Crippen molar-refractivity contribution in [1.82, 2.24) is 0 Å². The van der Waals surface area contributed by atoms with E-state index in [9.17, 15) is 0 Å². The van der Waals surface area contributed by atoms with Crippen molar-refractivity contribution in [3.8, 4) is 0 Å². The van der Waals surface area contributed by atoms with Gasteiger partial charge in [-0.15, -0.1) is 12.4 Å². The van der Waals surface area contributed by atoms with Gasteiger partial charge in [-0.3, -0.25) is 0 Å². The molecular weight excluding hydrogens is 317 g/mol. The Labute approximate surface area is 57.5 Å². The van der Waals surface area contributed by atoms with Crippen LogP contribution >= 0.6 is 32.1 Å². The van der Waals surface area contributed by atoms with Crippen LogP contribution in [-0.4, -0.2) is 0 Å². The minimum atomic E-state index is -1.53. The second kappa shape index (κ2) is 6.39. The molecule has 0 rings (SSSR count). The van der Waals surface area contributed by atoms with E-state index in [0.29, 0.717) is 0 Å². The summed E-state index contributed by atoms with van der Waals surface area (Å²) in [6, 6.07) is 0. The topological polar surface area (TPSA) is 0 Å². The van der Waals surface area contributed by atoms with Crippen LogP contribution in [0.1, 0.15) is 0 Å². The van der Waals surface area contributed by atoms with Gasteiger partial charge in [0, 0.05) is 0 Å². The Balaban J connectivity index is 0. The zero-order chi connectivity index (χ0) is 3.58. The van der Waals surface area contributed by atoms with Gasteiger partial charge < -0.3 is 0 Å². The van der Waals surface area contributed by atoms with Gasteiger partial charge in [-0.05, 0) is 0 Å². The molecule has 0 aromatic rings. The Morgan fingerprint density at radius 1 is 1.00 bits per heavy atom. The zero-order valence-corrected chi connectivity index (χ0v) is 6.54. The fourth-order valence-corrected chi connectivity index (χ4v) is 0. The molecule has 0 N–H and O–H groups in total. The Morgan fingerprint density at radius 2 is 1.00 bits per heavy atom. The number of halogens is 4. The van der Waals surface area contributed by atoms with Crippen molar-refractivity contribution in [2.75, 3.05) is 0 Å². The molecule has 0 aliphatic carbocycles. The summed E-state index contributed by atoms with van der Waals surface area (Å²) in [7, 11) is 0. The summed E-state index contributed by atoms with van der Waals surface area (Å²) >= 11 is -1.53. The van der Waals surface area contributed by atoms with E-state index in [1.165, 1.54) is 0 Å². The van der Waals surface area contributed by atoms with Crippen molar-refractivity contribution >= 4 is 32.1 Å². The molecule has 0 unspecified atom stereocenters. The van der Waals surface area contributed by atoms with Crippen LogP contribution in [0.15, 0.2) is 0 Å². The molecule has 0 aromatic heterocycles. The normalized spacial score (nSPS) is 9.00. The van der Waals surface area contributed by atoms with Crippen molar-refractivity contribution in [3.05, 3.63) is 0 Å². The van der Waals surface area contributed by atoms with Crippen molar-refractivity contribution in [3.63, 3.8) is 0 Å². The van der Waals surface area contributed by atoms with Crippen LogP contribution in [0, 0.1) is 26.7 Å². The molecule has 0 aliphatic rings. The predicted molar refractivity (Wildman–Crippen MR) is 24.8 cm³/mol. The summed E-state index contributed by atoms with van der Waals surface area (Å²) in [6.07, 6.45) is 0. The van der Waals surface area contributed by atoms with E-state index < -0.39 is 26.7 Å². The van der Waals surface area contributed by atoms with E-state index in [4.69, 9.17) is 19.7 Å². The van der Waals surface area contributed by atoms with Gasteiger partial charge in [0.15, 0.2) is 0 Å². The van der Waals surface area contributed by atoms with Crippen LogP contribution in [0.3, 0.4) is 0 Å². The van der Waals surface area contributed by atoms with Gasteiger partial charge in [0.25, 0.3) is 0 Å². The molecule has 0 radical (unpaired) electrons. The predicted octanol–water partition coefficient (Wildman–Crippen LogP) is 2.49. The molecule has 0 spiro atoms. The molecule has 0 amide bonds. The first kappa shape index (κ1) is 10.4. The molecule has 0 aliphatic heterocycles. The number of rotatable bonds is 0. The van der Waals surface area contributed by atoms with Gasteiger partial charge in [0.05, 0.1) is 0 Å². The van der Waals surface area contributed by atoms with Crippen LogP contribution in [0.2, 0.25) is 0 Å². The molecule has 0 atom stereocenters. The molecule has 0 heterocycles. The van der Waals surface area contributed by atoms with E-state index >= 15 is 0 Å². The van der Waals surface area contributed by atoms with Crippen LogP contribution in [0.4, 0.5) is 0 Å². The molecule has 5 heavy (non-hydrogen) atoms. The number of hydrogen-bond acceptors (Lipinski definition) is 0. The second-order valence-corrected chi connectivity index (χ2v) is 7.39. The van der Waals surface area contributed by atoms with Gasteiger partial charge in [0.2, 0.25) is 0 Å². The summed E-state index contributed by atoms with van der Waals surface area (Å²) < 4.78 is 0. The van der Waals surface area contributed by atoms with Crippen LogP contribution in [-0.2, 0) is 0 Å². The third-order valence-electron chi connectivity index (χ3n) is 0. The van der Waals surface area contributed by atoms with Crippen LogP contribution < -0.4 is 0 Å². The summed E-state index contributed by atoms with van der Waals surface area (Å²) in [5.74, 6) is 0. The van der Waals surface area contributed by atoms with Gasteiger partial charge in [-0.1, -0.05) is 0 Å². The molecule has 0 saturated carbocycles. The number of hydrogen-bond donors (Lipinski definition) is 0. The monoisotopic (exact) mass is 316 g/mol. The molecule has 0 bridgehead atoms. The Hall–Kier alpha value is 2.39. The maximum atomic E-state index is 4.92. The third kappa shape index (κ3) is 21.5. The Bertz CT molecular complexity index is 8.36. The van der Waals surface area contributed by atoms with Crippen LogP contribution in [0.5, 0.6) is 0 Å². The van der Waals surface area contributed by atoms with Gasteiger partial charge in [-0.25, -0.2) is 0 Å². The molecule has 0 fully saturated rings. The van der Waals surface area contributed by atoms with E-state index in [2.05, 4.69) is 0 Å². The Kier molecular flexibility index (Phi) is 13.3. The molecule has 0 nitrogen and oxygen atoms in total. The molecule has 0 aromatic carbocycles. The SMILES string of the molecule is Cl.[Cl][Lu]([Cl])[Cl]. The van der Waals surface area contributed by atoms with E-state index in [0.717, 1.165) is 0 Å². The van der Waals surface area contributed by atoms with Crippen LogP contribution in [0.25, 0.3) is 0 Å². The molecule has 44 valence electrons. The van der Waals surface area contributed by atoms with Crippen molar-refractivity contribution < 1.29 is 26.7 Å². The summed E-state index contributed by atoms with van der Waals surface area (Å²) in [5.41, 5.74) is 0. The van der Waals surface area contributed by atoms with E-state index in [1.54, 1.807) is 0 Å². The third-order valence-corrected chi connectivity index (χ3v) is 0. The van der Waals surface area contributed by atoms with E-state index in [1.807, 2.05) is 0 Å². The molecule has 5 heteroatoms. The first-order chi connectivity index (χ1) is 1.73. The van der Waals surface area contributed by atoms with Gasteiger partial charge in [0.1, 0.15) is 0 Å². The average Bonchev–Trinajstić information content (AvgIpc) is 0.811. The van der Waals surface area contributed by atoms with Crippen molar-refractivity contribution in [1.29, 1.82) is 0 Å². The fraction of sp³-hybridized carbons (Fsp3) is 0. The molecular formula is HCl4Lu. The summed E-state index contributed by atoms with van der Waals surface area (Å²) in [4.78, 5) is 0. The minimum absolute atomic E-state index is 0. The standard InChI is InChI=1S/4ClH.Lu/h4*1H;/q;;;;+3/p-3. The Morgan fingerprint density at radius 3 is 1.00 bits per heavy atom.